The highest BCUT2D eigenvalue weighted by Gasteiger charge is 2.37. The van der Waals surface area contributed by atoms with Gasteiger partial charge < -0.3 is 4.74 Å². The summed E-state index contributed by atoms with van der Waals surface area (Å²) in [4.78, 5) is 11.2. The molecule has 0 N–H and O–H groups in total. The number of carbonyl (C=O) groups is 1. The number of benzene rings is 1. The fourth-order valence-corrected chi connectivity index (χ4v) is 1.89. The highest BCUT2D eigenvalue weighted by molar-refractivity contribution is 6.17. The van der Waals surface area contributed by atoms with Gasteiger partial charge in [-0.25, -0.2) is 0 Å². The molecule has 7 heteroatoms. The maximum absolute atomic E-state index is 13.0. The minimum atomic E-state index is -4.69. The molecule has 0 unspecified atom stereocenters. The Balaban J connectivity index is 3.54. The van der Waals surface area contributed by atoms with E-state index >= 15 is 0 Å². The molecule has 0 amide bonds. The lowest BCUT2D eigenvalue weighted by Crippen LogP contribution is -2.17. The molecule has 0 fully saturated rings. The van der Waals surface area contributed by atoms with Crippen LogP contribution in [-0.2, 0) is 28.0 Å². The number of rotatable bonds is 3. The lowest BCUT2D eigenvalue weighted by atomic mass is 9.94. The molecule has 0 atom stereocenters. The summed E-state index contributed by atoms with van der Waals surface area (Å²) in [5, 5.41) is 8.86. The van der Waals surface area contributed by atoms with Gasteiger partial charge in [0.2, 0.25) is 0 Å². The van der Waals surface area contributed by atoms with Crippen LogP contribution in [0.4, 0.5) is 13.2 Å². The first-order chi connectivity index (χ1) is 8.85. The topological polar surface area (TPSA) is 50.1 Å². The summed E-state index contributed by atoms with van der Waals surface area (Å²) < 4.78 is 43.5. The van der Waals surface area contributed by atoms with E-state index in [0.717, 1.165) is 13.2 Å². The average molecular weight is 292 g/mol. The number of methoxy groups -OCH3 is 1. The summed E-state index contributed by atoms with van der Waals surface area (Å²) >= 11 is 5.48. The molecule has 0 saturated heterocycles. The Labute approximate surface area is 112 Å². The van der Waals surface area contributed by atoms with E-state index in [9.17, 15) is 18.0 Å². The monoisotopic (exact) mass is 291 g/mol. The highest BCUT2D eigenvalue weighted by Crippen LogP contribution is 2.37. The second-order valence-corrected chi connectivity index (χ2v) is 3.89. The van der Waals surface area contributed by atoms with E-state index in [1.807, 2.05) is 0 Å². The van der Waals surface area contributed by atoms with Crippen molar-refractivity contribution in [2.24, 2.45) is 0 Å². The van der Waals surface area contributed by atoms with Crippen LogP contribution in [0.5, 0.6) is 0 Å². The zero-order valence-corrected chi connectivity index (χ0v) is 10.6. The Morgan fingerprint density at radius 2 is 2.11 bits per heavy atom. The molecule has 0 aliphatic heterocycles. The summed E-state index contributed by atoms with van der Waals surface area (Å²) in [7, 11) is 1.06. The van der Waals surface area contributed by atoms with Crippen molar-refractivity contribution >= 4 is 17.6 Å². The summed E-state index contributed by atoms with van der Waals surface area (Å²) in [6, 6.07) is 3.99. The molecular formula is C12H9ClF3NO2. The first-order valence-electron chi connectivity index (χ1n) is 5.10. The minimum absolute atomic E-state index is 0.174. The maximum atomic E-state index is 13.0. The van der Waals surface area contributed by atoms with Gasteiger partial charge in [-0.3, -0.25) is 4.79 Å². The minimum Gasteiger partial charge on any atom is -0.469 e. The molecule has 0 aromatic heterocycles. The molecule has 1 aromatic carbocycles. The number of carbonyl (C=O) groups excluding carboxylic acids is 1. The van der Waals surface area contributed by atoms with Crippen molar-refractivity contribution in [1.82, 2.24) is 0 Å². The van der Waals surface area contributed by atoms with Gasteiger partial charge in [0.25, 0.3) is 0 Å². The van der Waals surface area contributed by atoms with Gasteiger partial charge in [0.1, 0.15) is 0 Å². The second kappa shape index (κ2) is 5.93. The van der Waals surface area contributed by atoms with Crippen LogP contribution in [0, 0.1) is 11.3 Å². The standard InChI is InChI=1S/C12H9ClF3NO2/c1-19-10(18)4-9-8(6-17)3-2-7(5-13)11(9)12(14,15)16/h2-3H,4-5H2,1H3. The van der Waals surface area contributed by atoms with Gasteiger partial charge in [0.15, 0.2) is 0 Å². The van der Waals surface area contributed by atoms with Gasteiger partial charge in [-0.1, -0.05) is 6.07 Å². The van der Waals surface area contributed by atoms with Crippen molar-refractivity contribution in [1.29, 1.82) is 5.26 Å². The van der Waals surface area contributed by atoms with Gasteiger partial charge in [-0.05, 0) is 17.2 Å². The van der Waals surface area contributed by atoms with E-state index in [1.165, 1.54) is 6.07 Å². The first kappa shape index (κ1) is 15.3. The zero-order chi connectivity index (χ0) is 14.6. The predicted octanol–water partition coefficient (Wildman–Crippen LogP) is 3.03. The van der Waals surface area contributed by atoms with Crippen LogP contribution in [-0.4, -0.2) is 13.1 Å². The van der Waals surface area contributed by atoms with E-state index in [0.29, 0.717) is 0 Å². The molecule has 1 aromatic rings. The lowest BCUT2D eigenvalue weighted by Gasteiger charge is -2.17. The normalized spacial score (nSPS) is 10.9. The number of alkyl halides is 4. The molecule has 0 radical (unpaired) electrons. The van der Waals surface area contributed by atoms with Gasteiger partial charge in [-0.2, -0.15) is 18.4 Å². The number of halogens is 4. The molecule has 19 heavy (non-hydrogen) atoms. The molecule has 102 valence electrons. The largest absolute Gasteiger partial charge is 0.469 e. The Bertz CT molecular complexity index is 535. The van der Waals surface area contributed by atoms with E-state index in [-0.39, 0.29) is 17.0 Å². The maximum Gasteiger partial charge on any atom is 0.417 e. The number of nitrogens with zero attached hydrogens (tertiary/aromatic N) is 1. The van der Waals surface area contributed by atoms with Crippen molar-refractivity contribution in [2.45, 2.75) is 18.5 Å². The summed E-state index contributed by atoms with van der Waals surface area (Å²) in [5.41, 5.74) is -1.83. The molecule has 0 saturated carbocycles. The lowest BCUT2D eigenvalue weighted by molar-refractivity contribution is -0.141. The fourth-order valence-electron chi connectivity index (χ4n) is 1.67. The molecule has 3 nitrogen and oxygen atoms in total. The van der Waals surface area contributed by atoms with Crippen LogP contribution < -0.4 is 0 Å². The molecule has 0 aliphatic rings. The van der Waals surface area contributed by atoms with Crippen molar-refractivity contribution < 1.29 is 22.7 Å². The van der Waals surface area contributed by atoms with E-state index in [4.69, 9.17) is 16.9 Å². The second-order valence-electron chi connectivity index (χ2n) is 3.62. The third-order valence-electron chi connectivity index (χ3n) is 2.50. The van der Waals surface area contributed by atoms with Crippen LogP contribution >= 0.6 is 11.6 Å². The SMILES string of the molecule is COC(=O)Cc1c(C#N)ccc(CCl)c1C(F)(F)F. The summed E-state index contributed by atoms with van der Waals surface area (Å²) in [6.45, 7) is 0. The van der Waals surface area contributed by atoms with Gasteiger partial charge in [0.05, 0.1) is 30.7 Å². The molecule has 0 spiro atoms. The van der Waals surface area contributed by atoms with Crippen LogP contribution in [0.3, 0.4) is 0 Å². The smallest absolute Gasteiger partial charge is 0.417 e. The number of nitriles is 1. The summed E-state index contributed by atoms with van der Waals surface area (Å²) in [6.07, 6.45) is -5.32. The molecular weight excluding hydrogens is 283 g/mol. The number of ether oxygens (including phenoxy) is 1. The molecule has 1 rings (SSSR count). The number of esters is 1. The Hall–Kier alpha value is -1.74. The van der Waals surface area contributed by atoms with Crippen LogP contribution in [0.2, 0.25) is 0 Å². The van der Waals surface area contributed by atoms with Crippen molar-refractivity contribution in [3.8, 4) is 6.07 Å². The van der Waals surface area contributed by atoms with Crippen LogP contribution in [0.25, 0.3) is 0 Å². The van der Waals surface area contributed by atoms with Crippen LogP contribution in [0.1, 0.15) is 22.3 Å². The van der Waals surface area contributed by atoms with Gasteiger partial charge in [0, 0.05) is 5.88 Å². The fraction of sp³-hybridized carbons (Fsp3) is 0.333. The third kappa shape index (κ3) is 3.38. The molecule has 0 aliphatic carbocycles. The Kier molecular flexibility index (Phi) is 4.78. The Morgan fingerprint density at radius 1 is 1.47 bits per heavy atom. The molecule has 0 heterocycles. The van der Waals surface area contributed by atoms with E-state index in [1.54, 1.807) is 6.07 Å². The van der Waals surface area contributed by atoms with E-state index < -0.39 is 29.7 Å². The Morgan fingerprint density at radius 3 is 2.53 bits per heavy atom. The van der Waals surface area contributed by atoms with E-state index in [2.05, 4.69) is 4.74 Å². The zero-order valence-electron chi connectivity index (χ0n) is 9.84. The number of hydrogen-bond donors (Lipinski definition) is 0. The highest BCUT2D eigenvalue weighted by atomic mass is 35.5. The predicted molar refractivity (Wildman–Crippen MR) is 61.4 cm³/mol. The quantitative estimate of drug-likeness (QED) is 0.635. The van der Waals surface area contributed by atoms with Crippen LogP contribution in [0.15, 0.2) is 12.1 Å². The van der Waals surface area contributed by atoms with Crippen molar-refractivity contribution in [3.63, 3.8) is 0 Å². The van der Waals surface area contributed by atoms with Gasteiger partial charge >= 0.3 is 12.1 Å². The number of hydrogen-bond acceptors (Lipinski definition) is 3. The van der Waals surface area contributed by atoms with Gasteiger partial charge in [-0.15, -0.1) is 11.6 Å². The summed E-state index contributed by atoms with van der Waals surface area (Å²) in [5.74, 6) is -1.22. The van der Waals surface area contributed by atoms with Crippen molar-refractivity contribution in [3.05, 3.63) is 34.4 Å². The first-order valence-corrected chi connectivity index (χ1v) is 5.63. The van der Waals surface area contributed by atoms with Crippen molar-refractivity contribution in [2.75, 3.05) is 7.11 Å². The molecule has 0 bridgehead atoms. The average Bonchev–Trinajstić information content (AvgIpc) is 2.36. The third-order valence-corrected chi connectivity index (χ3v) is 2.78.